The summed E-state index contributed by atoms with van der Waals surface area (Å²) in [5.41, 5.74) is 0. The fourth-order valence-electron chi connectivity index (χ4n) is 3.29. The molecule has 2 rings (SSSR count). The number of hydrogen-bond donors (Lipinski definition) is 1. The molecule has 1 aliphatic heterocycles. The minimum absolute atomic E-state index is 0.713. The van der Waals surface area contributed by atoms with Gasteiger partial charge in [0.1, 0.15) is 0 Å². The van der Waals surface area contributed by atoms with Crippen molar-refractivity contribution in [3.8, 4) is 0 Å². The maximum absolute atomic E-state index is 3.76. The molecule has 0 amide bonds. The number of likely N-dealkylation sites (tertiary alicyclic amines) is 1. The van der Waals surface area contributed by atoms with Gasteiger partial charge in [-0.25, -0.2) is 0 Å². The second kappa shape index (κ2) is 6.19. The Bertz CT molecular complexity index is 223. The summed E-state index contributed by atoms with van der Waals surface area (Å²) < 4.78 is 0. The summed E-state index contributed by atoms with van der Waals surface area (Å²) in [6.45, 7) is 11.0. The summed E-state index contributed by atoms with van der Waals surface area (Å²) >= 11 is 0. The van der Waals surface area contributed by atoms with Gasteiger partial charge in [-0.05, 0) is 44.6 Å². The lowest BCUT2D eigenvalue weighted by molar-refractivity contribution is 0.101. The van der Waals surface area contributed by atoms with Gasteiger partial charge in [-0.1, -0.05) is 26.7 Å². The first-order chi connectivity index (χ1) is 8.16. The second-order valence-corrected chi connectivity index (χ2v) is 6.48. The molecule has 0 bridgehead atoms. The average molecular weight is 238 g/mol. The molecule has 0 aromatic heterocycles. The van der Waals surface area contributed by atoms with E-state index in [-0.39, 0.29) is 0 Å². The molecule has 1 heterocycles. The van der Waals surface area contributed by atoms with Crippen LogP contribution in [0, 0.1) is 11.8 Å². The molecule has 0 spiro atoms. The number of rotatable bonds is 4. The van der Waals surface area contributed by atoms with Crippen LogP contribution in [-0.4, -0.2) is 36.6 Å². The van der Waals surface area contributed by atoms with Crippen LogP contribution in [0.1, 0.15) is 52.9 Å². The van der Waals surface area contributed by atoms with Gasteiger partial charge in [-0.3, -0.25) is 4.90 Å². The van der Waals surface area contributed by atoms with Crippen molar-refractivity contribution < 1.29 is 0 Å². The molecule has 1 saturated carbocycles. The number of hydrogen-bond acceptors (Lipinski definition) is 2. The molecular formula is C15H30N2. The summed E-state index contributed by atoms with van der Waals surface area (Å²) in [6.07, 6.45) is 7.06. The fourth-order valence-corrected chi connectivity index (χ4v) is 3.29. The SMILES string of the molecule is CC1CCN(C(C)CNC2CCCC2)CC1C. The molecule has 0 aromatic carbocycles. The number of piperidine rings is 1. The maximum Gasteiger partial charge on any atom is 0.0192 e. The number of nitrogens with one attached hydrogen (secondary N) is 1. The molecule has 2 aliphatic rings. The smallest absolute Gasteiger partial charge is 0.0192 e. The summed E-state index contributed by atoms with van der Waals surface area (Å²) in [5, 5.41) is 3.76. The predicted molar refractivity (Wildman–Crippen MR) is 74.2 cm³/mol. The van der Waals surface area contributed by atoms with E-state index in [1.54, 1.807) is 0 Å². The average Bonchev–Trinajstić information content (AvgIpc) is 2.82. The van der Waals surface area contributed by atoms with Crippen molar-refractivity contribution in [3.05, 3.63) is 0 Å². The third-order valence-corrected chi connectivity index (χ3v) is 5.05. The Hall–Kier alpha value is -0.0800. The standard InChI is InChI=1S/C15H30N2/c1-12-8-9-17(11-13(12)2)14(3)10-16-15-6-4-5-7-15/h12-16H,4-11H2,1-3H3. The van der Waals surface area contributed by atoms with Crippen molar-refractivity contribution in [2.45, 2.75) is 65.0 Å². The lowest BCUT2D eigenvalue weighted by Crippen LogP contribution is -2.48. The summed E-state index contributed by atoms with van der Waals surface area (Å²) in [5.74, 6) is 1.79. The highest BCUT2D eigenvalue weighted by molar-refractivity contribution is 4.81. The van der Waals surface area contributed by atoms with Gasteiger partial charge in [0.15, 0.2) is 0 Å². The predicted octanol–water partition coefficient (Wildman–Crippen LogP) is 2.89. The molecule has 3 atom stereocenters. The Balaban J connectivity index is 1.70. The van der Waals surface area contributed by atoms with Crippen LogP contribution < -0.4 is 5.32 Å². The maximum atomic E-state index is 3.76. The largest absolute Gasteiger partial charge is 0.312 e. The van der Waals surface area contributed by atoms with E-state index in [0.717, 1.165) is 17.9 Å². The van der Waals surface area contributed by atoms with Crippen LogP contribution in [0.4, 0.5) is 0 Å². The van der Waals surface area contributed by atoms with Crippen molar-refractivity contribution >= 4 is 0 Å². The first-order valence-electron chi connectivity index (χ1n) is 7.64. The van der Waals surface area contributed by atoms with Crippen molar-refractivity contribution in [1.29, 1.82) is 0 Å². The van der Waals surface area contributed by atoms with Gasteiger partial charge in [0.25, 0.3) is 0 Å². The van der Waals surface area contributed by atoms with Gasteiger partial charge in [0, 0.05) is 25.2 Å². The molecule has 3 unspecified atom stereocenters. The Kier molecular flexibility index (Phi) is 4.87. The zero-order chi connectivity index (χ0) is 12.3. The first-order valence-corrected chi connectivity index (χ1v) is 7.64. The van der Waals surface area contributed by atoms with Crippen LogP contribution in [0.5, 0.6) is 0 Å². The molecule has 0 aromatic rings. The molecule has 100 valence electrons. The Morgan fingerprint density at radius 3 is 2.47 bits per heavy atom. The van der Waals surface area contributed by atoms with E-state index in [1.165, 1.54) is 51.7 Å². The van der Waals surface area contributed by atoms with Crippen LogP contribution >= 0.6 is 0 Å². The van der Waals surface area contributed by atoms with E-state index < -0.39 is 0 Å². The lowest BCUT2D eigenvalue weighted by Gasteiger charge is -2.39. The van der Waals surface area contributed by atoms with Gasteiger partial charge >= 0.3 is 0 Å². The van der Waals surface area contributed by atoms with E-state index in [2.05, 4.69) is 31.0 Å². The molecular weight excluding hydrogens is 208 g/mol. The molecule has 1 saturated heterocycles. The van der Waals surface area contributed by atoms with E-state index in [1.807, 2.05) is 0 Å². The zero-order valence-corrected chi connectivity index (χ0v) is 11.9. The van der Waals surface area contributed by atoms with Crippen molar-refractivity contribution in [2.75, 3.05) is 19.6 Å². The van der Waals surface area contributed by atoms with Crippen LogP contribution in [0.2, 0.25) is 0 Å². The summed E-state index contributed by atoms with van der Waals surface area (Å²) in [7, 11) is 0. The highest BCUT2D eigenvalue weighted by Gasteiger charge is 2.26. The Labute approximate surface area is 107 Å². The van der Waals surface area contributed by atoms with Crippen molar-refractivity contribution in [1.82, 2.24) is 10.2 Å². The van der Waals surface area contributed by atoms with Crippen LogP contribution in [-0.2, 0) is 0 Å². The van der Waals surface area contributed by atoms with Crippen LogP contribution in [0.3, 0.4) is 0 Å². The van der Waals surface area contributed by atoms with Crippen molar-refractivity contribution in [3.63, 3.8) is 0 Å². The normalized spacial score (nSPS) is 34.1. The summed E-state index contributed by atoms with van der Waals surface area (Å²) in [4.78, 5) is 2.69. The molecule has 2 fully saturated rings. The number of nitrogens with zero attached hydrogens (tertiary/aromatic N) is 1. The molecule has 2 nitrogen and oxygen atoms in total. The van der Waals surface area contributed by atoms with Gasteiger partial charge in [0.2, 0.25) is 0 Å². The van der Waals surface area contributed by atoms with Gasteiger partial charge in [0.05, 0.1) is 0 Å². The van der Waals surface area contributed by atoms with E-state index in [0.29, 0.717) is 6.04 Å². The second-order valence-electron chi connectivity index (χ2n) is 6.48. The van der Waals surface area contributed by atoms with Gasteiger partial charge in [-0.2, -0.15) is 0 Å². The Morgan fingerprint density at radius 1 is 1.12 bits per heavy atom. The lowest BCUT2D eigenvalue weighted by atomic mass is 9.88. The highest BCUT2D eigenvalue weighted by Crippen LogP contribution is 2.24. The van der Waals surface area contributed by atoms with Crippen LogP contribution in [0.15, 0.2) is 0 Å². The molecule has 1 aliphatic carbocycles. The zero-order valence-electron chi connectivity index (χ0n) is 11.9. The third kappa shape index (κ3) is 3.69. The Morgan fingerprint density at radius 2 is 1.82 bits per heavy atom. The van der Waals surface area contributed by atoms with E-state index in [4.69, 9.17) is 0 Å². The summed E-state index contributed by atoms with van der Waals surface area (Å²) in [6, 6.07) is 1.53. The quantitative estimate of drug-likeness (QED) is 0.810. The highest BCUT2D eigenvalue weighted by atomic mass is 15.2. The fraction of sp³-hybridized carbons (Fsp3) is 1.00. The monoisotopic (exact) mass is 238 g/mol. The molecule has 2 heteroatoms. The van der Waals surface area contributed by atoms with E-state index in [9.17, 15) is 0 Å². The first kappa shape index (κ1) is 13.4. The minimum atomic E-state index is 0.713. The molecule has 0 radical (unpaired) electrons. The van der Waals surface area contributed by atoms with Crippen LogP contribution in [0.25, 0.3) is 0 Å². The third-order valence-electron chi connectivity index (χ3n) is 5.05. The molecule has 1 N–H and O–H groups in total. The molecule has 17 heavy (non-hydrogen) atoms. The van der Waals surface area contributed by atoms with Gasteiger partial charge in [-0.15, -0.1) is 0 Å². The van der Waals surface area contributed by atoms with Crippen molar-refractivity contribution in [2.24, 2.45) is 11.8 Å². The van der Waals surface area contributed by atoms with Gasteiger partial charge < -0.3 is 5.32 Å². The topological polar surface area (TPSA) is 15.3 Å². The minimum Gasteiger partial charge on any atom is -0.312 e. The van der Waals surface area contributed by atoms with E-state index >= 15 is 0 Å².